The number of benzene rings is 3. The number of para-hydroxylation sites is 1. The highest BCUT2D eigenvalue weighted by Gasteiger charge is 2.27. The first-order chi connectivity index (χ1) is 16.0. The van der Waals surface area contributed by atoms with E-state index in [0.717, 1.165) is 17.7 Å². The van der Waals surface area contributed by atoms with Crippen molar-refractivity contribution in [2.75, 3.05) is 30.0 Å². The number of fused-ring (bicyclic) bond motifs is 2. The van der Waals surface area contributed by atoms with Crippen LogP contribution >= 0.6 is 0 Å². The van der Waals surface area contributed by atoms with E-state index in [1.54, 1.807) is 29.2 Å². The number of hydrogen-bond donors (Lipinski definition) is 1. The number of nitrogens with one attached hydrogen (secondary N) is 1. The lowest BCUT2D eigenvalue weighted by Gasteiger charge is -2.19. The van der Waals surface area contributed by atoms with Crippen molar-refractivity contribution < 1.29 is 24.0 Å². The predicted molar refractivity (Wildman–Crippen MR) is 120 cm³/mol. The minimum absolute atomic E-state index is 0.125. The van der Waals surface area contributed by atoms with E-state index >= 15 is 0 Å². The summed E-state index contributed by atoms with van der Waals surface area (Å²) in [6.07, 6.45) is 0.810. The Labute approximate surface area is 188 Å². The zero-order valence-electron chi connectivity index (χ0n) is 17.4. The van der Waals surface area contributed by atoms with Crippen molar-refractivity contribution in [1.82, 2.24) is 0 Å². The molecule has 0 saturated heterocycles. The van der Waals surface area contributed by atoms with Crippen molar-refractivity contribution in [3.05, 3.63) is 87.5 Å². The molecular formula is C24H19N3O6. The normalized spacial score (nSPS) is 13.9. The van der Waals surface area contributed by atoms with Crippen molar-refractivity contribution in [3.8, 4) is 11.5 Å². The highest BCUT2D eigenvalue weighted by molar-refractivity contribution is 6.09. The number of nitrogens with zero attached hydrogens (tertiary/aromatic N) is 2. The summed E-state index contributed by atoms with van der Waals surface area (Å²) in [6, 6.07) is 16.7. The van der Waals surface area contributed by atoms with Gasteiger partial charge < -0.3 is 19.7 Å². The van der Waals surface area contributed by atoms with E-state index < -0.39 is 10.8 Å². The Hall–Kier alpha value is -4.40. The van der Waals surface area contributed by atoms with Crippen molar-refractivity contribution >= 4 is 28.9 Å². The molecule has 2 aliphatic rings. The molecular weight excluding hydrogens is 426 g/mol. The molecule has 5 rings (SSSR count). The number of rotatable bonds is 4. The second-order valence-electron chi connectivity index (χ2n) is 7.64. The van der Waals surface area contributed by atoms with E-state index in [9.17, 15) is 19.7 Å². The Kier molecular flexibility index (Phi) is 5.14. The van der Waals surface area contributed by atoms with Gasteiger partial charge in [-0.05, 0) is 42.3 Å². The summed E-state index contributed by atoms with van der Waals surface area (Å²) in [5.41, 5.74) is 2.41. The van der Waals surface area contributed by atoms with Gasteiger partial charge in [-0.15, -0.1) is 0 Å². The molecule has 9 nitrogen and oxygen atoms in total. The van der Waals surface area contributed by atoms with Gasteiger partial charge in [0, 0.05) is 29.5 Å². The number of amides is 2. The third kappa shape index (κ3) is 3.84. The zero-order chi connectivity index (χ0) is 22.9. The van der Waals surface area contributed by atoms with E-state index in [1.165, 1.54) is 12.1 Å². The molecule has 166 valence electrons. The molecule has 2 heterocycles. The third-order valence-electron chi connectivity index (χ3n) is 5.62. The largest absolute Gasteiger partial charge is 0.486 e. The first kappa shape index (κ1) is 20.5. The van der Waals surface area contributed by atoms with Crippen LogP contribution in [-0.4, -0.2) is 36.5 Å². The lowest BCUT2D eigenvalue weighted by atomic mass is 10.1. The van der Waals surface area contributed by atoms with E-state index in [-0.39, 0.29) is 35.3 Å². The highest BCUT2D eigenvalue weighted by atomic mass is 16.6. The van der Waals surface area contributed by atoms with Crippen LogP contribution in [0.15, 0.2) is 60.7 Å². The molecule has 0 aliphatic carbocycles. The smallest absolute Gasteiger partial charge is 0.286 e. The van der Waals surface area contributed by atoms with Gasteiger partial charge in [0.05, 0.1) is 11.0 Å². The molecule has 9 heteroatoms. The van der Waals surface area contributed by atoms with Crippen LogP contribution in [0.2, 0.25) is 0 Å². The van der Waals surface area contributed by atoms with Gasteiger partial charge in [-0.2, -0.15) is 0 Å². The maximum Gasteiger partial charge on any atom is 0.286 e. The minimum atomic E-state index is -0.661. The minimum Gasteiger partial charge on any atom is -0.486 e. The average Bonchev–Trinajstić information content (AvgIpc) is 3.27. The molecule has 2 aliphatic heterocycles. The van der Waals surface area contributed by atoms with Crippen molar-refractivity contribution in [2.24, 2.45) is 0 Å². The predicted octanol–water partition coefficient (Wildman–Crippen LogP) is 3.82. The maximum atomic E-state index is 13.0. The average molecular weight is 445 g/mol. The van der Waals surface area contributed by atoms with Gasteiger partial charge in [-0.1, -0.05) is 18.2 Å². The SMILES string of the molecule is O=C(Nc1ccc(C(=O)N2CCc3ccccc32)cc1)c1cc2c(cc1[N+](=O)[O-])OCCO2. The standard InChI is InChI=1S/C24H19N3O6/c28-23(18-13-21-22(33-12-11-32-21)14-20(18)27(30)31)25-17-7-5-16(6-8-17)24(29)26-10-9-15-3-1-2-4-19(15)26/h1-8,13-14H,9-12H2,(H,25,28). The summed E-state index contributed by atoms with van der Waals surface area (Å²) in [4.78, 5) is 38.3. The van der Waals surface area contributed by atoms with Crippen LogP contribution in [-0.2, 0) is 6.42 Å². The van der Waals surface area contributed by atoms with E-state index in [2.05, 4.69) is 5.32 Å². The van der Waals surface area contributed by atoms with Crippen LogP contribution in [0.3, 0.4) is 0 Å². The van der Waals surface area contributed by atoms with E-state index in [4.69, 9.17) is 9.47 Å². The van der Waals surface area contributed by atoms with Crippen LogP contribution < -0.4 is 19.7 Å². The maximum absolute atomic E-state index is 13.0. The number of carbonyl (C=O) groups excluding carboxylic acids is 2. The van der Waals surface area contributed by atoms with E-state index in [0.29, 0.717) is 24.4 Å². The van der Waals surface area contributed by atoms with Crippen molar-refractivity contribution in [3.63, 3.8) is 0 Å². The lowest BCUT2D eigenvalue weighted by Crippen LogP contribution is -2.28. The Morgan fingerprint density at radius 2 is 1.67 bits per heavy atom. The molecule has 0 bridgehead atoms. The van der Waals surface area contributed by atoms with Gasteiger partial charge in [0.1, 0.15) is 18.8 Å². The molecule has 3 aromatic rings. The summed E-state index contributed by atoms with van der Waals surface area (Å²) >= 11 is 0. The van der Waals surface area contributed by atoms with Gasteiger partial charge in [0.25, 0.3) is 17.5 Å². The highest BCUT2D eigenvalue weighted by Crippen LogP contribution is 2.37. The van der Waals surface area contributed by atoms with Crippen LogP contribution in [0.25, 0.3) is 0 Å². The summed E-state index contributed by atoms with van der Waals surface area (Å²) in [6.45, 7) is 1.19. The Morgan fingerprint density at radius 1 is 0.970 bits per heavy atom. The fourth-order valence-electron chi connectivity index (χ4n) is 4.01. The molecule has 0 atom stereocenters. The Balaban J connectivity index is 1.34. The van der Waals surface area contributed by atoms with Gasteiger partial charge in [-0.3, -0.25) is 19.7 Å². The fraction of sp³-hybridized carbons (Fsp3) is 0.167. The number of anilines is 2. The van der Waals surface area contributed by atoms with Gasteiger partial charge in [0.15, 0.2) is 11.5 Å². The topological polar surface area (TPSA) is 111 Å². The number of ether oxygens (including phenoxy) is 2. The fourth-order valence-corrected chi connectivity index (χ4v) is 4.01. The molecule has 2 amide bonds. The van der Waals surface area contributed by atoms with Crippen LogP contribution in [0, 0.1) is 10.1 Å². The molecule has 0 aromatic heterocycles. The number of carbonyl (C=O) groups is 2. The second kappa shape index (κ2) is 8.27. The monoisotopic (exact) mass is 445 g/mol. The van der Waals surface area contributed by atoms with Crippen LogP contribution in [0.5, 0.6) is 11.5 Å². The summed E-state index contributed by atoms with van der Waals surface area (Å²) in [5, 5.41) is 14.1. The number of nitro benzene ring substituents is 1. The summed E-state index contributed by atoms with van der Waals surface area (Å²) in [5.74, 6) is -0.272. The Morgan fingerprint density at radius 3 is 2.39 bits per heavy atom. The summed E-state index contributed by atoms with van der Waals surface area (Å²) < 4.78 is 10.8. The van der Waals surface area contributed by atoms with Crippen LogP contribution in [0.4, 0.5) is 17.1 Å². The Bertz CT molecular complexity index is 1270. The molecule has 33 heavy (non-hydrogen) atoms. The van der Waals surface area contributed by atoms with Gasteiger partial charge in [-0.25, -0.2) is 0 Å². The number of hydrogen-bond acceptors (Lipinski definition) is 6. The number of nitro groups is 1. The van der Waals surface area contributed by atoms with Crippen molar-refractivity contribution in [1.29, 1.82) is 0 Å². The van der Waals surface area contributed by atoms with E-state index in [1.807, 2.05) is 24.3 Å². The van der Waals surface area contributed by atoms with Crippen LogP contribution in [0.1, 0.15) is 26.3 Å². The third-order valence-corrected chi connectivity index (χ3v) is 5.62. The molecule has 1 N–H and O–H groups in total. The summed E-state index contributed by atoms with van der Waals surface area (Å²) in [7, 11) is 0. The van der Waals surface area contributed by atoms with Gasteiger partial charge in [0.2, 0.25) is 0 Å². The molecule has 0 radical (unpaired) electrons. The van der Waals surface area contributed by atoms with Crippen molar-refractivity contribution in [2.45, 2.75) is 6.42 Å². The first-order valence-corrected chi connectivity index (χ1v) is 10.4. The van der Waals surface area contributed by atoms with Gasteiger partial charge >= 0.3 is 0 Å². The zero-order valence-corrected chi connectivity index (χ0v) is 17.4. The molecule has 0 fully saturated rings. The molecule has 0 spiro atoms. The molecule has 0 saturated carbocycles. The lowest BCUT2D eigenvalue weighted by molar-refractivity contribution is -0.385. The second-order valence-corrected chi connectivity index (χ2v) is 7.64. The molecule has 0 unspecified atom stereocenters. The molecule has 3 aromatic carbocycles. The quantitative estimate of drug-likeness (QED) is 0.483. The first-order valence-electron chi connectivity index (χ1n) is 10.4.